The van der Waals surface area contributed by atoms with E-state index < -0.39 is 0 Å². The lowest BCUT2D eigenvalue weighted by Gasteiger charge is -2.46. The van der Waals surface area contributed by atoms with Crippen molar-refractivity contribution in [2.75, 3.05) is 13.1 Å². The molecule has 0 bridgehead atoms. The van der Waals surface area contributed by atoms with Crippen LogP contribution >= 0.6 is 0 Å². The molecule has 0 aromatic carbocycles. The fourth-order valence-electron chi connectivity index (χ4n) is 2.35. The van der Waals surface area contributed by atoms with Crippen LogP contribution < -0.4 is 5.32 Å². The van der Waals surface area contributed by atoms with Gasteiger partial charge in [0.05, 0.1) is 0 Å². The predicted octanol–water partition coefficient (Wildman–Crippen LogP) is 1.25. The van der Waals surface area contributed by atoms with E-state index in [0.717, 1.165) is 17.8 Å². The van der Waals surface area contributed by atoms with Crippen LogP contribution in [0, 0.1) is 17.8 Å². The quantitative estimate of drug-likeness (QED) is 0.514. The summed E-state index contributed by atoms with van der Waals surface area (Å²) in [6, 6.07) is 0. The van der Waals surface area contributed by atoms with Crippen molar-refractivity contribution in [1.82, 2.24) is 5.32 Å². The fraction of sp³-hybridized carbons (Fsp3) is 1.00. The summed E-state index contributed by atoms with van der Waals surface area (Å²) in [5.74, 6) is 3.16. The van der Waals surface area contributed by atoms with E-state index in [1.807, 2.05) is 0 Å². The molecule has 1 saturated carbocycles. The molecule has 0 aromatic heterocycles. The maximum atomic E-state index is 3.45. The van der Waals surface area contributed by atoms with Crippen LogP contribution in [0.2, 0.25) is 0 Å². The summed E-state index contributed by atoms with van der Waals surface area (Å²) in [6.07, 6.45) is 2.95. The molecule has 2 unspecified atom stereocenters. The fourth-order valence-corrected chi connectivity index (χ4v) is 2.35. The second-order valence-electron chi connectivity index (χ2n) is 3.63. The highest BCUT2D eigenvalue weighted by Gasteiger charge is 2.38. The molecule has 2 aliphatic rings. The van der Waals surface area contributed by atoms with Crippen molar-refractivity contribution in [2.45, 2.75) is 19.8 Å². The minimum atomic E-state index is 1.02. The Morgan fingerprint density at radius 3 is 2.89 bits per heavy atom. The Balaban J connectivity index is 1.94. The van der Waals surface area contributed by atoms with E-state index in [4.69, 9.17) is 0 Å². The molecule has 1 heterocycles. The second kappa shape index (κ2) is 1.98. The van der Waals surface area contributed by atoms with Gasteiger partial charge in [-0.3, -0.25) is 0 Å². The molecule has 1 saturated heterocycles. The lowest BCUT2D eigenvalue weighted by molar-refractivity contribution is 0.0548. The van der Waals surface area contributed by atoms with Gasteiger partial charge in [-0.25, -0.2) is 0 Å². The van der Waals surface area contributed by atoms with Gasteiger partial charge in [-0.05, 0) is 43.7 Å². The lowest BCUT2D eigenvalue weighted by Crippen LogP contribution is -2.47. The van der Waals surface area contributed by atoms with Crippen molar-refractivity contribution in [1.29, 1.82) is 0 Å². The van der Waals surface area contributed by atoms with E-state index >= 15 is 0 Å². The molecule has 52 valence electrons. The molecule has 3 atom stereocenters. The second-order valence-corrected chi connectivity index (χ2v) is 3.63. The SMILES string of the molecule is CC1CC2CCNC[C@H]12. The number of hydrogen-bond donors (Lipinski definition) is 1. The summed E-state index contributed by atoms with van der Waals surface area (Å²) in [5.41, 5.74) is 0. The Bertz CT molecular complexity index is 109. The summed E-state index contributed by atoms with van der Waals surface area (Å²) < 4.78 is 0. The highest BCUT2D eigenvalue weighted by molar-refractivity contribution is 4.90. The summed E-state index contributed by atoms with van der Waals surface area (Å²) in [7, 11) is 0. The van der Waals surface area contributed by atoms with Crippen molar-refractivity contribution < 1.29 is 0 Å². The van der Waals surface area contributed by atoms with Gasteiger partial charge in [-0.2, -0.15) is 0 Å². The lowest BCUT2D eigenvalue weighted by atomic mass is 9.63. The van der Waals surface area contributed by atoms with E-state index in [0.29, 0.717) is 0 Å². The van der Waals surface area contributed by atoms with Gasteiger partial charge in [0.2, 0.25) is 0 Å². The Hall–Kier alpha value is -0.0400. The van der Waals surface area contributed by atoms with Crippen LogP contribution in [0.1, 0.15) is 19.8 Å². The van der Waals surface area contributed by atoms with Crippen molar-refractivity contribution in [3.8, 4) is 0 Å². The Morgan fingerprint density at radius 1 is 1.44 bits per heavy atom. The minimum Gasteiger partial charge on any atom is -0.316 e. The average Bonchev–Trinajstić information content (AvgIpc) is 1.86. The molecular formula is C8H15N. The van der Waals surface area contributed by atoms with Crippen LogP contribution in [0.15, 0.2) is 0 Å². The summed E-state index contributed by atoms with van der Waals surface area (Å²) >= 11 is 0. The third-order valence-corrected chi connectivity index (χ3v) is 3.08. The first-order chi connectivity index (χ1) is 4.38. The predicted molar refractivity (Wildman–Crippen MR) is 38.2 cm³/mol. The van der Waals surface area contributed by atoms with Gasteiger partial charge in [0.15, 0.2) is 0 Å². The Morgan fingerprint density at radius 2 is 2.33 bits per heavy atom. The molecule has 2 fully saturated rings. The number of piperidine rings is 1. The van der Waals surface area contributed by atoms with E-state index in [-0.39, 0.29) is 0 Å². The first-order valence-corrected chi connectivity index (χ1v) is 4.08. The minimum absolute atomic E-state index is 1.02. The number of nitrogens with one attached hydrogen (secondary N) is 1. The van der Waals surface area contributed by atoms with Crippen molar-refractivity contribution in [3.05, 3.63) is 0 Å². The highest BCUT2D eigenvalue weighted by atomic mass is 14.9. The zero-order valence-corrected chi connectivity index (χ0v) is 6.06. The first kappa shape index (κ1) is 5.72. The maximum Gasteiger partial charge on any atom is -0.00153 e. The molecule has 1 N–H and O–H groups in total. The molecule has 1 heteroatoms. The van der Waals surface area contributed by atoms with E-state index in [9.17, 15) is 0 Å². The van der Waals surface area contributed by atoms with Gasteiger partial charge >= 0.3 is 0 Å². The van der Waals surface area contributed by atoms with Gasteiger partial charge in [-0.15, -0.1) is 0 Å². The van der Waals surface area contributed by atoms with Crippen molar-refractivity contribution >= 4 is 0 Å². The van der Waals surface area contributed by atoms with E-state index in [1.165, 1.54) is 25.9 Å². The molecule has 0 amide bonds. The monoisotopic (exact) mass is 125 g/mol. The summed E-state index contributed by atoms with van der Waals surface area (Å²) in [4.78, 5) is 0. The molecule has 0 aromatic rings. The van der Waals surface area contributed by atoms with Crippen molar-refractivity contribution in [2.24, 2.45) is 17.8 Å². The van der Waals surface area contributed by atoms with Gasteiger partial charge in [0.25, 0.3) is 0 Å². The van der Waals surface area contributed by atoms with Crippen LogP contribution in [-0.2, 0) is 0 Å². The highest BCUT2D eigenvalue weighted by Crippen LogP contribution is 2.42. The Kier molecular flexibility index (Phi) is 1.26. The van der Waals surface area contributed by atoms with Gasteiger partial charge in [0.1, 0.15) is 0 Å². The molecule has 0 spiro atoms. The topological polar surface area (TPSA) is 12.0 Å². The van der Waals surface area contributed by atoms with E-state index in [1.54, 1.807) is 0 Å². The molecule has 1 aliphatic carbocycles. The summed E-state index contributed by atoms with van der Waals surface area (Å²) in [6.45, 7) is 4.95. The van der Waals surface area contributed by atoms with Crippen LogP contribution in [0.5, 0.6) is 0 Å². The maximum absolute atomic E-state index is 3.45. The molecular weight excluding hydrogens is 110 g/mol. The van der Waals surface area contributed by atoms with Gasteiger partial charge < -0.3 is 5.32 Å². The average molecular weight is 125 g/mol. The number of fused-ring (bicyclic) bond motifs is 1. The third kappa shape index (κ3) is 0.787. The molecule has 1 aliphatic heterocycles. The zero-order valence-electron chi connectivity index (χ0n) is 6.06. The van der Waals surface area contributed by atoms with Gasteiger partial charge in [0, 0.05) is 0 Å². The normalized spacial score (nSPS) is 49.7. The summed E-state index contributed by atoms with van der Waals surface area (Å²) in [5, 5.41) is 3.45. The molecule has 2 rings (SSSR count). The smallest absolute Gasteiger partial charge is 0.00153 e. The number of rotatable bonds is 0. The first-order valence-electron chi connectivity index (χ1n) is 4.08. The molecule has 9 heavy (non-hydrogen) atoms. The standard InChI is InChI=1S/C8H15N/c1-6-4-7-2-3-9-5-8(6)7/h6-9H,2-5H2,1H3/t6?,7?,8-/m1/s1. The van der Waals surface area contributed by atoms with Crippen LogP contribution in [0.4, 0.5) is 0 Å². The van der Waals surface area contributed by atoms with Crippen molar-refractivity contribution in [3.63, 3.8) is 0 Å². The van der Waals surface area contributed by atoms with Crippen LogP contribution in [0.25, 0.3) is 0 Å². The largest absolute Gasteiger partial charge is 0.316 e. The van der Waals surface area contributed by atoms with Crippen LogP contribution in [-0.4, -0.2) is 13.1 Å². The number of hydrogen-bond acceptors (Lipinski definition) is 1. The molecule has 1 nitrogen and oxygen atoms in total. The van der Waals surface area contributed by atoms with Gasteiger partial charge in [-0.1, -0.05) is 6.92 Å². The van der Waals surface area contributed by atoms with E-state index in [2.05, 4.69) is 12.2 Å². The van der Waals surface area contributed by atoms with Crippen LogP contribution in [0.3, 0.4) is 0 Å². The Labute approximate surface area is 56.8 Å². The molecule has 0 radical (unpaired) electrons. The zero-order chi connectivity index (χ0) is 6.27. The third-order valence-electron chi connectivity index (χ3n) is 3.08.